The molecule has 2 aromatic rings. The van der Waals surface area contributed by atoms with E-state index in [0.717, 1.165) is 17.7 Å². The van der Waals surface area contributed by atoms with Gasteiger partial charge in [-0.25, -0.2) is 0 Å². The normalized spacial score (nSPS) is 12.2. The molecule has 26 heavy (non-hydrogen) atoms. The number of rotatable bonds is 9. The second-order valence-electron chi connectivity index (χ2n) is 6.39. The third-order valence-electron chi connectivity index (χ3n) is 3.64. The molecule has 0 saturated carbocycles. The largest absolute Gasteiger partial charge is 0.493 e. The number of benzene rings is 1. The van der Waals surface area contributed by atoms with E-state index < -0.39 is 0 Å². The molecule has 0 radical (unpaired) electrons. The predicted molar refractivity (Wildman–Crippen MR) is 106 cm³/mol. The highest BCUT2D eigenvalue weighted by Gasteiger charge is 2.08. The fraction of sp³-hybridized carbons (Fsp3) is 0.474. The minimum Gasteiger partial charge on any atom is -0.493 e. The number of ether oxygens (including phenoxy) is 2. The molecule has 6 nitrogen and oxygen atoms in total. The molecule has 0 spiro atoms. The zero-order valence-corrected chi connectivity index (χ0v) is 16.8. The van der Waals surface area contributed by atoms with Gasteiger partial charge >= 0.3 is 0 Å². The first-order valence-electron chi connectivity index (χ1n) is 8.50. The van der Waals surface area contributed by atoms with Crippen molar-refractivity contribution in [3.8, 4) is 11.5 Å². The van der Waals surface area contributed by atoms with Gasteiger partial charge in [-0.15, -0.1) is 12.4 Å². The van der Waals surface area contributed by atoms with E-state index in [-0.39, 0.29) is 12.4 Å². The van der Waals surface area contributed by atoms with Gasteiger partial charge in [0, 0.05) is 18.5 Å². The van der Waals surface area contributed by atoms with Crippen molar-refractivity contribution in [2.45, 2.75) is 33.2 Å². The molecule has 0 fully saturated rings. The fourth-order valence-corrected chi connectivity index (χ4v) is 2.13. The van der Waals surface area contributed by atoms with Crippen LogP contribution in [-0.4, -0.2) is 36.9 Å². The van der Waals surface area contributed by atoms with Crippen LogP contribution in [0.25, 0.3) is 12.2 Å². The average molecular weight is 382 g/mol. The first-order chi connectivity index (χ1) is 12.0. The summed E-state index contributed by atoms with van der Waals surface area (Å²) in [5, 5.41) is 7.13. The first kappa shape index (κ1) is 22.0. The molecule has 1 aromatic heterocycles. The highest BCUT2D eigenvalue weighted by atomic mass is 35.5. The molecule has 0 aliphatic rings. The number of methoxy groups -OCH3 is 1. The molecule has 1 heterocycles. The summed E-state index contributed by atoms with van der Waals surface area (Å²) in [6.07, 6.45) is 4.43. The van der Waals surface area contributed by atoms with Gasteiger partial charge in [-0.1, -0.05) is 25.1 Å². The van der Waals surface area contributed by atoms with Crippen LogP contribution in [0.5, 0.6) is 11.5 Å². The summed E-state index contributed by atoms with van der Waals surface area (Å²) in [4.78, 5) is 4.36. The summed E-state index contributed by atoms with van der Waals surface area (Å²) in [5.41, 5.74) is 0.970. The van der Waals surface area contributed by atoms with Gasteiger partial charge in [0.2, 0.25) is 0 Å². The summed E-state index contributed by atoms with van der Waals surface area (Å²) in [6.45, 7) is 6.95. The molecule has 1 atom stereocenters. The summed E-state index contributed by atoms with van der Waals surface area (Å²) in [5.74, 6) is 3.09. The predicted octanol–water partition coefficient (Wildman–Crippen LogP) is 3.86. The lowest BCUT2D eigenvalue weighted by atomic mass is 10.2. The van der Waals surface area contributed by atoms with Gasteiger partial charge in [0.15, 0.2) is 17.3 Å². The maximum absolute atomic E-state index is 5.76. The number of likely N-dealkylation sites (N-methyl/N-ethyl adjacent to an activating group) is 1. The van der Waals surface area contributed by atoms with Crippen molar-refractivity contribution in [1.29, 1.82) is 0 Å². The van der Waals surface area contributed by atoms with Crippen LogP contribution in [0.3, 0.4) is 0 Å². The number of nitrogens with one attached hydrogen (secondary N) is 1. The van der Waals surface area contributed by atoms with Gasteiger partial charge in [-0.2, -0.15) is 4.98 Å². The van der Waals surface area contributed by atoms with Gasteiger partial charge in [-0.3, -0.25) is 0 Å². The lowest BCUT2D eigenvalue weighted by molar-refractivity contribution is 0.257. The Balaban J connectivity index is 0.00000338. The molecule has 2 rings (SSSR count). The Morgan fingerprint density at radius 3 is 2.62 bits per heavy atom. The van der Waals surface area contributed by atoms with E-state index in [1.165, 1.54) is 0 Å². The van der Waals surface area contributed by atoms with E-state index in [9.17, 15) is 0 Å². The van der Waals surface area contributed by atoms with Gasteiger partial charge in [0.25, 0.3) is 5.89 Å². The smallest absolute Gasteiger partial charge is 0.250 e. The Kier molecular flexibility index (Phi) is 9.16. The van der Waals surface area contributed by atoms with Crippen LogP contribution in [0.2, 0.25) is 0 Å². The number of hydrogen-bond donors (Lipinski definition) is 1. The lowest BCUT2D eigenvalue weighted by Crippen LogP contribution is -2.24. The number of halogens is 1. The minimum absolute atomic E-state index is 0. The van der Waals surface area contributed by atoms with Crippen molar-refractivity contribution in [3.63, 3.8) is 0 Å². The number of aromatic nitrogens is 2. The molecule has 7 heteroatoms. The van der Waals surface area contributed by atoms with Crippen LogP contribution in [-0.2, 0) is 6.42 Å². The number of hydrogen-bond acceptors (Lipinski definition) is 6. The van der Waals surface area contributed by atoms with E-state index in [0.29, 0.717) is 36.0 Å². The fourth-order valence-electron chi connectivity index (χ4n) is 2.13. The van der Waals surface area contributed by atoms with Crippen LogP contribution in [0, 0.1) is 5.92 Å². The SMILES string of the molecule is CNC(C)Cc1noc(/C=C/c2ccc(OCC(C)C)c(OC)c2)n1.Cl. The Morgan fingerprint density at radius 1 is 1.19 bits per heavy atom. The highest BCUT2D eigenvalue weighted by molar-refractivity contribution is 5.85. The van der Waals surface area contributed by atoms with E-state index in [2.05, 4.69) is 36.2 Å². The highest BCUT2D eigenvalue weighted by Crippen LogP contribution is 2.29. The van der Waals surface area contributed by atoms with Crippen molar-refractivity contribution in [2.24, 2.45) is 5.92 Å². The second-order valence-corrected chi connectivity index (χ2v) is 6.39. The van der Waals surface area contributed by atoms with E-state index in [4.69, 9.17) is 14.0 Å². The van der Waals surface area contributed by atoms with Crippen LogP contribution in [0.4, 0.5) is 0 Å². The van der Waals surface area contributed by atoms with E-state index in [1.54, 1.807) is 13.2 Å². The molecular formula is C19H28ClN3O3. The van der Waals surface area contributed by atoms with Crippen molar-refractivity contribution in [3.05, 3.63) is 35.5 Å². The molecule has 1 N–H and O–H groups in total. The summed E-state index contributed by atoms with van der Waals surface area (Å²) in [7, 11) is 3.55. The van der Waals surface area contributed by atoms with Crippen molar-refractivity contribution in [2.75, 3.05) is 20.8 Å². The summed E-state index contributed by atoms with van der Waals surface area (Å²) >= 11 is 0. The molecule has 0 aliphatic heterocycles. The third kappa shape index (κ3) is 6.69. The maximum atomic E-state index is 5.76. The van der Waals surface area contributed by atoms with Crippen molar-refractivity contribution < 1.29 is 14.0 Å². The molecule has 144 valence electrons. The topological polar surface area (TPSA) is 69.4 Å². The Bertz CT molecular complexity index is 701. The van der Waals surface area contributed by atoms with Crippen LogP contribution in [0.1, 0.15) is 38.0 Å². The molecule has 1 aromatic carbocycles. The maximum Gasteiger partial charge on any atom is 0.250 e. The molecule has 0 aliphatic carbocycles. The quantitative estimate of drug-likeness (QED) is 0.711. The van der Waals surface area contributed by atoms with Gasteiger partial charge in [0.05, 0.1) is 13.7 Å². The monoisotopic (exact) mass is 381 g/mol. The zero-order valence-electron chi connectivity index (χ0n) is 16.0. The molecule has 1 unspecified atom stereocenters. The van der Waals surface area contributed by atoms with Crippen molar-refractivity contribution >= 4 is 24.6 Å². The van der Waals surface area contributed by atoms with Crippen molar-refractivity contribution in [1.82, 2.24) is 15.5 Å². The lowest BCUT2D eigenvalue weighted by Gasteiger charge is -2.12. The van der Waals surface area contributed by atoms with Gasteiger partial charge < -0.3 is 19.3 Å². The summed E-state index contributed by atoms with van der Waals surface area (Å²) < 4.78 is 16.4. The Morgan fingerprint density at radius 2 is 1.96 bits per heavy atom. The van der Waals surface area contributed by atoms with E-state index in [1.807, 2.05) is 31.3 Å². The third-order valence-corrected chi connectivity index (χ3v) is 3.64. The Hall–Kier alpha value is -2.05. The standard InChI is InChI=1S/C19H27N3O3.ClH/c1-13(2)12-24-16-8-6-15(11-17(16)23-5)7-9-19-21-18(22-25-19)10-14(3)20-4;/h6-9,11,13-14,20H,10,12H2,1-5H3;1H/b9-7+;. The van der Waals surface area contributed by atoms with Crippen LogP contribution in [0.15, 0.2) is 22.7 Å². The molecule has 0 amide bonds. The average Bonchev–Trinajstić information content (AvgIpc) is 3.05. The van der Waals surface area contributed by atoms with Crippen LogP contribution < -0.4 is 14.8 Å². The van der Waals surface area contributed by atoms with Gasteiger partial charge in [0.1, 0.15) is 0 Å². The second kappa shape index (κ2) is 10.8. The van der Waals surface area contributed by atoms with E-state index >= 15 is 0 Å². The minimum atomic E-state index is 0. The van der Waals surface area contributed by atoms with Gasteiger partial charge in [-0.05, 0) is 43.7 Å². The molecular weight excluding hydrogens is 354 g/mol. The first-order valence-corrected chi connectivity index (χ1v) is 8.50. The molecule has 0 saturated heterocycles. The summed E-state index contributed by atoms with van der Waals surface area (Å²) in [6, 6.07) is 6.10. The van der Waals surface area contributed by atoms with Crippen LogP contribution >= 0.6 is 12.4 Å². The Labute approximate surface area is 161 Å². The number of nitrogens with zero attached hydrogens (tertiary/aromatic N) is 2. The zero-order chi connectivity index (χ0) is 18.2. The molecule has 0 bridgehead atoms.